The Morgan fingerprint density at radius 3 is 3.00 bits per heavy atom. The van der Waals surface area contributed by atoms with Gasteiger partial charge in [-0.05, 0) is 31.3 Å². The van der Waals surface area contributed by atoms with Crippen LogP contribution >= 0.6 is 0 Å². The molecule has 1 heterocycles. The summed E-state index contributed by atoms with van der Waals surface area (Å²) in [7, 11) is 3.24. The summed E-state index contributed by atoms with van der Waals surface area (Å²) in [5.74, 6) is 0.592. The second-order valence-electron chi connectivity index (χ2n) is 4.39. The molecule has 2 aromatic rings. The number of hydrogen-bond donors (Lipinski definition) is 1. The Labute approximate surface area is 112 Å². The molecule has 0 aliphatic carbocycles. The highest BCUT2D eigenvalue weighted by Gasteiger charge is 2.06. The number of ether oxygens (including phenoxy) is 2. The number of nitrogens with one attached hydrogen (secondary N) is 1. The molecule has 0 fully saturated rings. The minimum atomic E-state index is -0.240. The summed E-state index contributed by atoms with van der Waals surface area (Å²) in [6.45, 7) is 1.47. The number of rotatable bonds is 6. The number of carbonyl (C=O) groups is 1. The van der Waals surface area contributed by atoms with Crippen molar-refractivity contribution in [3.63, 3.8) is 0 Å². The fourth-order valence-electron chi connectivity index (χ4n) is 1.80. The van der Waals surface area contributed by atoms with Crippen LogP contribution in [-0.4, -0.2) is 49.7 Å². The summed E-state index contributed by atoms with van der Waals surface area (Å²) in [6, 6.07) is 7.92. The number of aromatic nitrogens is 1. The van der Waals surface area contributed by atoms with Gasteiger partial charge in [0.2, 0.25) is 0 Å². The molecule has 0 aliphatic heterocycles. The first-order valence-electron chi connectivity index (χ1n) is 6.14. The summed E-state index contributed by atoms with van der Waals surface area (Å²) in [6.07, 6.45) is 1.90. The van der Waals surface area contributed by atoms with Crippen LogP contribution in [-0.2, 0) is 9.53 Å². The number of esters is 1. The van der Waals surface area contributed by atoms with E-state index < -0.39 is 0 Å². The minimum Gasteiger partial charge on any atom is -0.492 e. The van der Waals surface area contributed by atoms with E-state index in [-0.39, 0.29) is 12.5 Å². The molecule has 102 valence electrons. The molecule has 0 saturated heterocycles. The molecular weight excluding hydrogens is 244 g/mol. The predicted octanol–water partition coefficient (Wildman–Crippen LogP) is 1.65. The van der Waals surface area contributed by atoms with Gasteiger partial charge in [-0.3, -0.25) is 9.69 Å². The smallest absolute Gasteiger partial charge is 0.319 e. The number of fused-ring (bicyclic) bond motifs is 1. The Morgan fingerprint density at radius 2 is 2.21 bits per heavy atom. The highest BCUT2D eigenvalue weighted by Crippen LogP contribution is 2.19. The topological polar surface area (TPSA) is 54.6 Å². The summed E-state index contributed by atoms with van der Waals surface area (Å²) in [5, 5.41) is 1.13. The van der Waals surface area contributed by atoms with E-state index in [1.807, 2.05) is 42.4 Å². The highest BCUT2D eigenvalue weighted by atomic mass is 16.5. The van der Waals surface area contributed by atoms with Gasteiger partial charge in [0.1, 0.15) is 12.4 Å². The van der Waals surface area contributed by atoms with Crippen LogP contribution < -0.4 is 4.74 Å². The minimum absolute atomic E-state index is 0.240. The van der Waals surface area contributed by atoms with Crippen molar-refractivity contribution < 1.29 is 14.3 Å². The SMILES string of the molecule is COC(=O)CN(C)CCOc1ccc2[nH]ccc2c1. The summed E-state index contributed by atoms with van der Waals surface area (Å²) >= 11 is 0. The molecule has 1 aromatic heterocycles. The molecule has 1 N–H and O–H groups in total. The highest BCUT2D eigenvalue weighted by molar-refractivity contribution is 5.80. The van der Waals surface area contributed by atoms with Crippen LogP contribution in [0.1, 0.15) is 0 Å². The van der Waals surface area contributed by atoms with Gasteiger partial charge in [0.05, 0.1) is 13.7 Å². The molecule has 0 bridgehead atoms. The Bertz CT molecular complexity index is 550. The molecule has 0 spiro atoms. The van der Waals surface area contributed by atoms with E-state index in [1.54, 1.807) is 0 Å². The maximum atomic E-state index is 11.1. The molecule has 1 aromatic carbocycles. The molecular formula is C14H18N2O3. The van der Waals surface area contributed by atoms with E-state index in [0.29, 0.717) is 13.2 Å². The summed E-state index contributed by atoms with van der Waals surface area (Å²) in [5.41, 5.74) is 1.09. The van der Waals surface area contributed by atoms with Crippen LogP contribution in [0.15, 0.2) is 30.5 Å². The van der Waals surface area contributed by atoms with Crippen molar-refractivity contribution in [2.45, 2.75) is 0 Å². The molecule has 0 atom stereocenters. The van der Waals surface area contributed by atoms with Crippen molar-refractivity contribution in [2.75, 3.05) is 33.9 Å². The lowest BCUT2D eigenvalue weighted by Gasteiger charge is -2.15. The Hall–Kier alpha value is -2.01. The maximum absolute atomic E-state index is 11.1. The first-order valence-corrected chi connectivity index (χ1v) is 6.14. The number of benzene rings is 1. The quantitative estimate of drug-likeness (QED) is 0.804. The fraction of sp³-hybridized carbons (Fsp3) is 0.357. The molecule has 19 heavy (non-hydrogen) atoms. The Kier molecular flexibility index (Phi) is 4.41. The lowest BCUT2D eigenvalue weighted by molar-refractivity contribution is -0.141. The maximum Gasteiger partial charge on any atom is 0.319 e. The van der Waals surface area contributed by atoms with Crippen LogP contribution in [0.5, 0.6) is 5.75 Å². The van der Waals surface area contributed by atoms with Crippen LogP contribution in [0.25, 0.3) is 10.9 Å². The summed E-state index contributed by atoms with van der Waals surface area (Å²) in [4.78, 5) is 16.1. The number of carbonyl (C=O) groups excluding carboxylic acids is 1. The van der Waals surface area contributed by atoms with E-state index in [2.05, 4.69) is 9.72 Å². The van der Waals surface area contributed by atoms with Gasteiger partial charge in [-0.15, -0.1) is 0 Å². The molecule has 0 saturated carbocycles. The van der Waals surface area contributed by atoms with Gasteiger partial charge in [-0.25, -0.2) is 0 Å². The van der Waals surface area contributed by atoms with E-state index in [4.69, 9.17) is 4.74 Å². The van der Waals surface area contributed by atoms with E-state index in [0.717, 1.165) is 16.7 Å². The van der Waals surface area contributed by atoms with Gasteiger partial charge in [-0.1, -0.05) is 0 Å². The monoisotopic (exact) mass is 262 g/mol. The van der Waals surface area contributed by atoms with Crippen molar-refractivity contribution >= 4 is 16.9 Å². The normalized spacial score (nSPS) is 10.9. The molecule has 5 nitrogen and oxygen atoms in total. The third-order valence-electron chi connectivity index (χ3n) is 2.89. The third kappa shape index (κ3) is 3.72. The van der Waals surface area contributed by atoms with Gasteiger partial charge < -0.3 is 14.5 Å². The van der Waals surface area contributed by atoms with Crippen LogP contribution in [0.2, 0.25) is 0 Å². The second-order valence-corrected chi connectivity index (χ2v) is 4.39. The first kappa shape index (κ1) is 13.4. The standard InChI is InChI=1S/C14H18N2O3/c1-16(10-14(17)18-2)7-8-19-12-3-4-13-11(9-12)5-6-15-13/h3-6,9,15H,7-8,10H2,1-2H3. The Balaban J connectivity index is 1.80. The fourth-order valence-corrected chi connectivity index (χ4v) is 1.80. The van der Waals surface area contributed by atoms with Gasteiger partial charge in [0.25, 0.3) is 0 Å². The van der Waals surface area contributed by atoms with Crippen molar-refractivity contribution in [2.24, 2.45) is 0 Å². The average molecular weight is 262 g/mol. The van der Waals surface area contributed by atoms with Crippen LogP contribution in [0, 0.1) is 0 Å². The number of hydrogen-bond acceptors (Lipinski definition) is 4. The van der Waals surface area contributed by atoms with E-state index in [1.165, 1.54) is 7.11 Å². The molecule has 0 unspecified atom stereocenters. The molecule has 5 heteroatoms. The lowest BCUT2D eigenvalue weighted by Crippen LogP contribution is -2.30. The first-order chi connectivity index (χ1) is 9.19. The van der Waals surface area contributed by atoms with Gasteiger partial charge in [0.15, 0.2) is 0 Å². The molecule has 0 amide bonds. The van der Waals surface area contributed by atoms with Gasteiger partial charge >= 0.3 is 5.97 Å². The second kappa shape index (κ2) is 6.24. The molecule has 2 rings (SSSR count). The predicted molar refractivity (Wildman–Crippen MR) is 73.3 cm³/mol. The molecule has 0 radical (unpaired) electrons. The van der Waals surface area contributed by atoms with Crippen LogP contribution in [0.3, 0.4) is 0 Å². The zero-order valence-electron chi connectivity index (χ0n) is 11.2. The number of likely N-dealkylation sites (N-methyl/N-ethyl adjacent to an activating group) is 1. The van der Waals surface area contributed by atoms with E-state index in [9.17, 15) is 4.79 Å². The summed E-state index contributed by atoms with van der Waals surface area (Å²) < 4.78 is 10.3. The lowest BCUT2D eigenvalue weighted by atomic mass is 10.2. The number of methoxy groups -OCH3 is 1. The van der Waals surface area contributed by atoms with E-state index >= 15 is 0 Å². The Morgan fingerprint density at radius 1 is 1.37 bits per heavy atom. The van der Waals surface area contributed by atoms with Crippen molar-refractivity contribution in [1.82, 2.24) is 9.88 Å². The van der Waals surface area contributed by atoms with Crippen molar-refractivity contribution in [3.8, 4) is 5.75 Å². The van der Waals surface area contributed by atoms with Crippen molar-refractivity contribution in [3.05, 3.63) is 30.5 Å². The number of H-pyrrole nitrogens is 1. The zero-order valence-corrected chi connectivity index (χ0v) is 11.2. The van der Waals surface area contributed by atoms with Crippen molar-refractivity contribution in [1.29, 1.82) is 0 Å². The van der Waals surface area contributed by atoms with Crippen LogP contribution in [0.4, 0.5) is 0 Å². The largest absolute Gasteiger partial charge is 0.492 e. The zero-order chi connectivity index (χ0) is 13.7. The average Bonchev–Trinajstić information content (AvgIpc) is 2.86. The number of nitrogens with zero attached hydrogens (tertiary/aromatic N) is 1. The molecule has 0 aliphatic rings. The number of aromatic amines is 1. The van der Waals surface area contributed by atoms with Gasteiger partial charge in [-0.2, -0.15) is 0 Å². The van der Waals surface area contributed by atoms with Gasteiger partial charge in [0, 0.05) is 23.6 Å². The third-order valence-corrected chi connectivity index (χ3v) is 2.89.